The minimum Gasteiger partial charge on any atom is -0.481 e. The maximum atomic E-state index is 12.7. The Kier molecular flexibility index (Phi) is 4.32. The molecule has 0 saturated carbocycles. The van der Waals surface area contributed by atoms with E-state index < -0.39 is 11.4 Å². The second kappa shape index (κ2) is 6.31. The number of aliphatic carboxylic acids is 1. The van der Waals surface area contributed by atoms with Crippen molar-refractivity contribution in [2.45, 2.75) is 27.2 Å². The number of aryl methyl sites for hydroxylation is 1. The minimum absolute atomic E-state index is 0.0500. The van der Waals surface area contributed by atoms with Crippen LogP contribution in [-0.2, 0) is 4.79 Å². The first-order valence-electron chi connectivity index (χ1n) is 8.35. The van der Waals surface area contributed by atoms with Crippen LogP contribution in [0.1, 0.15) is 36.3 Å². The average Bonchev–Trinajstić information content (AvgIpc) is 3.23. The molecule has 1 amide bonds. The Morgan fingerprint density at radius 3 is 2.48 bits per heavy atom. The van der Waals surface area contributed by atoms with Crippen LogP contribution < -0.4 is 0 Å². The predicted molar refractivity (Wildman–Crippen MR) is 91.5 cm³/mol. The first-order chi connectivity index (χ1) is 11.8. The lowest BCUT2D eigenvalue weighted by Gasteiger charge is -2.28. The molecule has 1 unspecified atom stereocenters. The highest BCUT2D eigenvalue weighted by Crippen LogP contribution is 2.38. The largest absolute Gasteiger partial charge is 0.481 e. The molecule has 0 radical (unpaired) electrons. The predicted octanol–water partition coefficient (Wildman–Crippen LogP) is 2.15. The van der Waals surface area contributed by atoms with Gasteiger partial charge < -0.3 is 10.0 Å². The number of carbonyl (C=O) groups is 2. The summed E-state index contributed by atoms with van der Waals surface area (Å²) < 4.78 is 1.55. The molecule has 0 aliphatic carbocycles. The van der Waals surface area contributed by atoms with Crippen molar-refractivity contribution in [3.8, 4) is 5.69 Å². The van der Waals surface area contributed by atoms with Crippen molar-refractivity contribution in [1.29, 1.82) is 0 Å². The van der Waals surface area contributed by atoms with Gasteiger partial charge in [0.05, 0.1) is 17.3 Å². The van der Waals surface area contributed by atoms with E-state index in [2.05, 4.69) is 10.3 Å². The number of hydrogen-bond donors (Lipinski definition) is 1. The summed E-state index contributed by atoms with van der Waals surface area (Å²) in [7, 11) is 0. The van der Waals surface area contributed by atoms with E-state index in [9.17, 15) is 14.7 Å². The van der Waals surface area contributed by atoms with Gasteiger partial charge in [-0.2, -0.15) is 0 Å². The SMILES string of the molecule is Cc1ccc(-n2cc(C(=O)N3CCC(C(=O)O)(C(C)C)C3)nn2)cc1. The lowest BCUT2D eigenvalue weighted by atomic mass is 9.76. The van der Waals surface area contributed by atoms with Crippen molar-refractivity contribution in [2.24, 2.45) is 11.3 Å². The number of benzene rings is 1. The van der Waals surface area contributed by atoms with Crippen molar-refractivity contribution in [2.75, 3.05) is 13.1 Å². The lowest BCUT2D eigenvalue weighted by molar-refractivity contribution is -0.150. The van der Waals surface area contributed by atoms with Crippen LogP contribution in [0.25, 0.3) is 5.69 Å². The Bertz CT molecular complexity index is 797. The number of carboxylic acids is 1. The summed E-state index contributed by atoms with van der Waals surface area (Å²) in [6, 6.07) is 7.73. The fourth-order valence-corrected chi connectivity index (χ4v) is 3.25. The molecule has 1 aromatic carbocycles. The Morgan fingerprint density at radius 1 is 1.24 bits per heavy atom. The number of aromatic nitrogens is 3. The zero-order valence-corrected chi connectivity index (χ0v) is 14.6. The molecule has 132 valence electrons. The van der Waals surface area contributed by atoms with Gasteiger partial charge in [0.25, 0.3) is 5.91 Å². The van der Waals surface area contributed by atoms with Crippen molar-refractivity contribution >= 4 is 11.9 Å². The molecule has 2 heterocycles. The molecule has 1 fully saturated rings. The fourth-order valence-electron chi connectivity index (χ4n) is 3.25. The highest BCUT2D eigenvalue weighted by Gasteiger charge is 2.48. The molecule has 7 heteroatoms. The summed E-state index contributed by atoms with van der Waals surface area (Å²) in [6.45, 7) is 6.39. The summed E-state index contributed by atoms with van der Waals surface area (Å²) in [4.78, 5) is 26.0. The van der Waals surface area contributed by atoms with Crippen LogP contribution in [0.5, 0.6) is 0 Å². The van der Waals surface area contributed by atoms with E-state index in [0.717, 1.165) is 11.3 Å². The zero-order chi connectivity index (χ0) is 18.2. The van der Waals surface area contributed by atoms with Gasteiger partial charge >= 0.3 is 5.97 Å². The molecule has 1 saturated heterocycles. The molecule has 1 N–H and O–H groups in total. The molecule has 25 heavy (non-hydrogen) atoms. The highest BCUT2D eigenvalue weighted by molar-refractivity contribution is 5.93. The van der Waals surface area contributed by atoms with E-state index in [1.54, 1.807) is 15.8 Å². The van der Waals surface area contributed by atoms with Crippen molar-refractivity contribution in [3.05, 3.63) is 41.7 Å². The molecular weight excluding hydrogens is 320 g/mol. The lowest BCUT2D eigenvalue weighted by Crippen LogP contribution is -2.40. The number of likely N-dealkylation sites (tertiary alicyclic amines) is 1. The maximum absolute atomic E-state index is 12.7. The van der Waals surface area contributed by atoms with Gasteiger partial charge in [-0.25, -0.2) is 4.68 Å². The van der Waals surface area contributed by atoms with E-state index in [-0.39, 0.29) is 24.1 Å². The van der Waals surface area contributed by atoms with Gasteiger partial charge in [0, 0.05) is 13.1 Å². The summed E-state index contributed by atoms with van der Waals surface area (Å²) in [6.07, 6.45) is 2.04. The third-order valence-electron chi connectivity index (χ3n) is 5.13. The molecule has 1 aliphatic heterocycles. The number of hydrogen-bond acceptors (Lipinski definition) is 4. The summed E-state index contributed by atoms with van der Waals surface area (Å²) in [5.74, 6) is -1.17. The number of carboxylic acid groups (broad SMARTS) is 1. The number of nitrogens with zero attached hydrogens (tertiary/aromatic N) is 4. The standard InChI is InChI=1S/C18H22N4O3/c1-12(2)18(17(24)25)8-9-21(11-18)16(23)15-10-22(20-19-15)14-6-4-13(3)5-7-14/h4-7,10,12H,8-9,11H2,1-3H3,(H,24,25). The van der Waals surface area contributed by atoms with E-state index in [1.807, 2.05) is 45.0 Å². The maximum Gasteiger partial charge on any atom is 0.311 e. The molecular formula is C18H22N4O3. The van der Waals surface area contributed by atoms with Crippen LogP contribution in [0.2, 0.25) is 0 Å². The van der Waals surface area contributed by atoms with E-state index in [1.165, 1.54) is 0 Å². The second-order valence-corrected chi connectivity index (χ2v) is 6.98. The van der Waals surface area contributed by atoms with Gasteiger partial charge in [-0.3, -0.25) is 9.59 Å². The topological polar surface area (TPSA) is 88.3 Å². The van der Waals surface area contributed by atoms with Gasteiger partial charge in [-0.15, -0.1) is 5.10 Å². The van der Waals surface area contributed by atoms with E-state index in [4.69, 9.17) is 0 Å². The van der Waals surface area contributed by atoms with E-state index in [0.29, 0.717) is 13.0 Å². The highest BCUT2D eigenvalue weighted by atomic mass is 16.4. The third-order valence-corrected chi connectivity index (χ3v) is 5.13. The van der Waals surface area contributed by atoms with Crippen LogP contribution in [0.4, 0.5) is 0 Å². The van der Waals surface area contributed by atoms with Crippen LogP contribution in [0, 0.1) is 18.3 Å². The number of rotatable bonds is 4. The summed E-state index contributed by atoms with van der Waals surface area (Å²) in [5.41, 5.74) is 1.30. The summed E-state index contributed by atoms with van der Waals surface area (Å²) in [5, 5.41) is 17.6. The van der Waals surface area contributed by atoms with Gasteiger partial charge in [0.15, 0.2) is 5.69 Å². The van der Waals surface area contributed by atoms with Crippen molar-refractivity contribution in [3.63, 3.8) is 0 Å². The molecule has 1 aliphatic rings. The first-order valence-corrected chi connectivity index (χ1v) is 8.35. The van der Waals surface area contributed by atoms with E-state index >= 15 is 0 Å². The normalized spacial score (nSPS) is 20.2. The van der Waals surface area contributed by atoms with Gasteiger partial charge in [0.1, 0.15) is 0 Å². The van der Waals surface area contributed by atoms with Gasteiger partial charge in [-0.05, 0) is 31.4 Å². The molecule has 0 spiro atoms. The Hall–Kier alpha value is -2.70. The van der Waals surface area contributed by atoms with Crippen molar-refractivity contribution < 1.29 is 14.7 Å². The number of carbonyl (C=O) groups excluding carboxylic acids is 1. The monoisotopic (exact) mass is 342 g/mol. The summed E-state index contributed by atoms with van der Waals surface area (Å²) >= 11 is 0. The van der Waals surface area contributed by atoms with Crippen LogP contribution in [0.15, 0.2) is 30.5 Å². The average molecular weight is 342 g/mol. The van der Waals surface area contributed by atoms with Gasteiger partial charge in [0.2, 0.25) is 0 Å². The quantitative estimate of drug-likeness (QED) is 0.920. The third kappa shape index (κ3) is 3.01. The number of amides is 1. The molecule has 3 rings (SSSR count). The van der Waals surface area contributed by atoms with Crippen LogP contribution in [0.3, 0.4) is 0 Å². The molecule has 7 nitrogen and oxygen atoms in total. The zero-order valence-electron chi connectivity index (χ0n) is 14.6. The molecule has 2 aromatic rings. The first kappa shape index (κ1) is 17.1. The van der Waals surface area contributed by atoms with Gasteiger partial charge in [-0.1, -0.05) is 36.8 Å². The van der Waals surface area contributed by atoms with Crippen LogP contribution >= 0.6 is 0 Å². The fraction of sp³-hybridized carbons (Fsp3) is 0.444. The molecule has 1 atom stereocenters. The smallest absolute Gasteiger partial charge is 0.311 e. The Morgan fingerprint density at radius 2 is 1.92 bits per heavy atom. The minimum atomic E-state index is -0.886. The molecule has 0 bridgehead atoms. The van der Waals surface area contributed by atoms with Crippen LogP contribution in [-0.4, -0.2) is 50.0 Å². The Balaban J connectivity index is 1.79. The molecule has 1 aromatic heterocycles. The Labute approximate surface area is 146 Å². The second-order valence-electron chi connectivity index (χ2n) is 6.98. The van der Waals surface area contributed by atoms with Crippen molar-refractivity contribution in [1.82, 2.24) is 19.9 Å².